The van der Waals surface area contributed by atoms with Crippen molar-refractivity contribution in [3.63, 3.8) is 0 Å². The molecule has 0 atom stereocenters. The molecule has 8 nitrogen and oxygen atoms in total. The number of carbonyl (C=O) groups excluding carboxylic acids is 1. The highest BCUT2D eigenvalue weighted by molar-refractivity contribution is 7.92. The Labute approximate surface area is 216 Å². The Kier molecular flexibility index (Phi) is 8.37. The van der Waals surface area contributed by atoms with Crippen molar-refractivity contribution in [3.8, 4) is 17.2 Å². The number of methoxy groups -OCH3 is 3. The minimum absolute atomic E-state index is 0.0994. The van der Waals surface area contributed by atoms with Gasteiger partial charge < -0.3 is 19.5 Å². The van der Waals surface area contributed by atoms with Crippen LogP contribution in [0.5, 0.6) is 17.2 Å². The summed E-state index contributed by atoms with van der Waals surface area (Å²) >= 11 is 6.21. The van der Waals surface area contributed by atoms with E-state index in [4.69, 9.17) is 25.8 Å². The second-order valence-corrected chi connectivity index (χ2v) is 10.5. The number of carbonyl (C=O) groups is 1. The first-order valence-corrected chi connectivity index (χ1v) is 12.8. The largest absolute Gasteiger partial charge is 0.495 e. The van der Waals surface area contributed by atoms with Crippen LogP contribution in [0.15, 0.2) is 53.4 Å². The summed E-state index contributed by atoms with van der Waals surface area (Å²) < 4.78 is 44.7. The molecular formula is C26H29ClN2O6S. The molecule has 0 bridgehead atoms. The van der Waals surface area contributed by atoms with Gasteiger partial charge in [-0.2, -0.15) is 0 Å². The molecule has 0 aliphatic heterocycles. The van der Waals surface area contributed by atoms with Crippen molar-refractivity contribution < 1.29 is 27.4 Å². The summed E-state index contributed by atoms with van der Waals surface area (Å²) in [6.07, 6.45) is 0. The molecule has 10 heteroatoms. The molecule has 192 valence electrons. The topological polar surface area (TPSA) is 94.2 Å². The lowest BCUT2D eigenvalue weighted by Crippen LogP contribution is -2.38. The van der Waals surface area contributed by atoms with Crippen molar-refractivity contribution in [2.75, 3.05) is 37.5 Å². The summed E-state index contributed by atoms with van der Waals surface area (Å²) in [5.41, 5.74) is 3.55. The average molecular weight is 533 g/mol. The van der Waals surface area contributed by atoms with Crippen LogP contribution in [0.3, 0.4) is 0 Å². The first kappa shape index (κ1) is 27.2. The van der Waals surface area contributed by atoms with E-state index in [0.29, 0.717) is 11.4 Å². The predicted octanol–water partition coefficient (Wildman–Crippen LogP) is 5.13. The van der Waals surface area contributed by atoms with Gasteiger partial charge >= 0.3 is 0 Å². The third kappa shape index (κ3) is 5.68. The lowest BCUT2D eigenvalue weighted by molar-refractivity contribution is -0.114. The van der Waals surface area contributed by atoms with Crippen LogP contribution in [0.4, 0.5) is 11.4 Å². The molecule has 36 heavy (non-hydrogen) atoms. The van der Waals surface area contributed by atoms with Crippen LogP contribution >= 0.6 is 11.6 Å². The van der Waals surface area contributed by atoms with Crippen LogP contribution in [0.25, 0.3) is 0 Å². The summed E-state index contributed by atoms with van der Waals surface area (Å²) in [6.45, 7) is 5.20. The molecule has 0 aromatic heterocycles. The summed E-state index contributed by atoms with van der Waals surface area (Å²) in [4.78, 5) is 13.1. The van der Waals surface area contributed by atoms with Crippen molar-refractivity contribution in [1.29, 1.82) is 0 Å². The molecule has 0 unspecified atom stereocenters. The van der Waals surface area contributed by atoms with Crippen molar-refractivity contribution in [1.82, 2.24) is 0 Å². The molecule has 0 fully saturated rings. The van der Waals surface area contributed by atoms with Gasteiger partial charge in [-0.25, -0.2) is 8.42 Å². The molecule has 0 radical (unpaired) electrons. The normalized spacial score (nSPS) is 11.1. The van der Waals surface area contributed by atoms with Crippen LogP contribution in [-0.4, -0.2) is 42.2 Å². The highest BCUT2D eigenvalue weighted by Gasteiger charge is 2.31. The number of amides is 1. The van der Waals surface area contributed by atoms with Gasteiger partial charge in [0, 0.05) is 16.8 Å². The van der Waals surface area contributed by atoms with E-state index in [1.54, 1.807) is 12.1 Å². The van der Waals surface area contributed by atoms with Gasteiger partial charge in [0.15, 0.2) is 11.5 Å². The van der Waals surface area contributed by atoms with Crippen molar-refractivity contribution in [3.05, 3.63) is 70.2 Å². The first-order chi connectivity index (χ1) is 17.0. The van der Waals surface area contributed by atoms with Crippen LogP contribution in [-0.2, 0) is 14.8 Å². The maximum atomic E-state index is 13.9. The van der Waals surface area contributed by atoms with Crippen molar-refractivity contribution in [2.24, 2.45) is 0 Å². The smallest absolute Gasteiger partial charge is 0.265 e. The monoisotopic (exact) mass is 532 g/mol. The molecule has 0 aliphatic rings. The molecule has 1 amide bonds. The van der Waals surface area contributed by atoms with E-state index in [2.05, 4.69) is 5.32 Å². The number of benzene rings is 3. The third-order valence-corrected chi connectivity index (χ3v) is 7.57. The number of rotatable bonds is 9. The van der Waals surface area contributed by atoms with E-state index in [0.717, 1.165) is 21.0 Å². The number of halogens is 1. The van der Waals surface area contributed by atoms with E-state index in [-0.39, 0.29) is 27.1 Å². The number of anilines is 2. The summed E-state index contributed by atoms with van der Waals surface area (Å²) in [5, 5.41) is 3.14. The SMILES string of the molecule is COc1ccc(S(=O)(=O)N(CC(=O)Nc2c(C)cc(C)cc2C)c2cc(Cl)ccc2OC)cc1OC. The van der Waals surface area contributed by atoms with Gasteiger partial charge in [0.2, 0.25) is 5.91 Å². The van der Waals surface area contributed by atoms with Gasteiger partial charge in [-0.15, -0.1) is 0 Å². The number of ether oxygens (including phenoxy) is 3. The Morgan fingerprint density at radius 2 is 1.44 bits per heavy atom. The van der Waals surface area contributed by atoms with Gasteiger partial charge in [-0.1, -0.05) is 29.3 Å². The van der Waals surface area contributed by atoms with Gasteiger partial charge in [-0.05, 0) is 62.2 Å². The molecule has 0 spiro atoms. The van der Waals surface area contributed by atoms with E-state index < -0.39 is 22.5 Å². The zero-order valence-electron chi connectivity index (χ0n) is 21.0. The number of sulfonamides is 1. The fraction of sp³-hybridized carbons (Fsp3) is 0.269. The molecule has 1 N–H and O–H groups in total. The number of aryl methyl sites for hydroxylation is 3. The fourth-order valence-electron chi connectivity index (χ4n) is 3.95. The highest BCUT2D eigenvalue weighted by Crippen LogP contribution is 2.37. The number of nitrogens with one attached hydrogen (secondary N) is 1. The molecule has 0 aliphatic carbocycles. The molecule has 0 saturated carbocycles. The van der Waals surface area contributed by atoms with E-state index >= 15 is 0 Å². The van der Waals surface area contributed by atoms with Gasteiger partial charge in [0.05, 0.1) is 31.9 Å². The van der Waals surface area contributed by atoms with Crippen LogP contribution in [0.2, 0.25) is 5.02 Å². The highest BCUT2D eigenvalue weighted by atomic mass is 35.5. The molecular weight excluding hydrogens is 504 g/mol. The second kappa shape index (κ2) is 11.1. The lowest BCUT2D eigenvalue weighted by atomic mass is 10.1. The Bertz CT molecular complexity index is 1370. The van der Waals surface area contributed by atoms with Crippen LogP contribution in [0, 0.1) is 20.8 Å². The zero-order chi connectivity index (χ0) is 26.6. The number of nitrogens with zero attached hydrogens (tertiary/aromatic N) is 1. The van der Waals surface area contributed by atoms with Crippen molar-refractivity contribution in [2.45, 2.75) is 25.7 Å². The molecule has 3 rings (SSSR count). The molecule has 3 aromatic carbocycles. The quantitative estimate of drug-likeness (QED) is 0.411. The average Bonchev–Trinajstić information content (AvgIpc) is 2.84. The zero-order valence-corrected chi connectivity index (χ0v) is 22.6. The van der Waals surface area contributed by atoms with Gasteiger partial charge in [0.1, 0.15) is 12.3 Å². The predicted molar refractivity (Wildman–Crippen MR) is 141 cm³/mol. The maximum absolute atomic E-state index is 13.9. The summed E-state index contributed by atoms with van der Waals surface area (Å²) in [6, 6.07) is 12.6. The number of hydrogen-bond donors (Lipinski definition) is 1. The van der Waals surface area contributed by atoms with Crippen LogP contribution in [0.1, 0.15) is 16.7 Å². The minimum atomic E-state index is -4.28. The van der Waals surface area contributed by atoms with E-state index in [9.17, 15) is 13.2 Å². The standard InChI is InChI=1S/C26H29ClN2O6S/c1-16-11-17(2)26(18(3)12-16)28-25(30)15-29(21-13-19(27)7-9-22(21)33-4)36(31,32)20-8-10-23(34-5)24(14-20)35-6/h7-14H,15H2,1-6H3,(H,28,30). The van der Waals surface area contributed by atoms with Gasteiger partial charge in [-0.3, -0.25) is 9.10 Å². The Balaban J connectivity index is 2.10. The first-order valence-electron chi connectivity index (χ1n) is 11.0. The molecule has 3 aromatic rings. The minimum Gasteiger partial charge on any atom is -0.495 e. The third-order valence-electron chi connectivity index (χ3n) is 5.58. The fourth-order valence-corrected chi connectivity index (χ4v) is 5.55. The summed E-state index contributed by atoms with van der Waals surface area (Å²) in [5.74, 6) is 0.299. The lowest BCUT2D eigenvalue weighted by Gasteiger charge is -2.26. The number of hydrogen-bond acceptors (Lipinski definition) is 6. The second-order valence-electron chi connectivity index (χ2n) is 8.17. The van der Waals surface area contributed by atoms with E-state index in [1.807, 2.05) is 32.9 Å². The van der Waals surface area contributed by atoms with Crippen LogP contribution < -0.4 is 23.8 Å². The molecule has 0 heterocycles. The van der Waals surface area contributed by atoms with E-state index in [1.165, 1.54) is 45.6 Å². The molecule has 0 saturated heterocycles. The Morgan fingerprint density at radius 3 is 2.03 bits per heavy atom. The Hall–Kier alpha value is -3.43. The summed E-state index contributed by atoms with van der Waals surface area (Å²) in [7, 11) is -0.00593. The Morgan fingerprint density at radius 1 is 0.861 bits per heavy atom. The maximum Gasteiger partial charge on any atom is 0.265 e. The van der Waals surface area contributed by atoms with Gasteiger partial charge in [0.25, 0.3) is 10.0 Å². The van der Waals surface area contributed by atoms with Crippen molar-refractivity contribution >= 4 is 38.9 Å².